The van der Waals surface area contributed by atoms with Gasteiger partial charge in [-0.25, -0.2) is 10.2 Å². The minimum Gasteiger partial charge on any atom is -0.473 e. The lowest BCUT2D eigenvalue weighted by Crippen LogP contribution is -2.43. The third-order valence-corrected chi connectivity index (χ3v) is 0.630. The molecular weight excluding hydrogens is 120 g/mol. The Morgan fingerprint density at radius 1 is 1.78 bits per heavy atom. The fraction of sp³-hybridized carbons (Fsp3) is 0.200. The van der Waals surface area contributed by atoms with Gasteiger partial charge >= 0.3 is 5.97 Å². The summed E-state index contributed by atoms with van der Waals surface area (Å²) < 4.78 is 0. The Balaban J connectivity index is 4.09. The smallest absolute Gasteiger partial charge is 0.400 e. The van der Waals surface area contributed by atoms with Crippen LogP contribution in [0, 0.1) is 0 Å². The predicted octanol–water partition coefficient (Wildman–Crippen LogP) is -1.87. The maximum absolute atomic E-state index is 9.97. The first-order valence-electron chi connectivity index (χ1n) is 2.33. The van der Waals surface area contributed by atoms with E-state index < -0.39 is 5.97 Å². The van der Waals surface area contributed by atoms with E-state index in [1.807, 2.05) is 0 Å². The number of carboxylic acid groups (broad SMARTS) is 1. The second-order valence-corrected chi connectivity index (χ2v) is 1.65. The van der Waals surface area contributed by atoms with Crippen LogP contribution in [-0.2, 0) is 4.79 Å². The van der Waals surface area contributed by atoms with E-state index in [1.54, 1.807) is 6.92 Å². The van der Waals surface area contributed by atoms with Crippen molar-refractivity contribution < 1.29 is 15.3 Å². The Morgan fingerprint density at radius 3 is 2.33 bits per heavy atom. The zero-order chi connectivity index (χ0) is 7.44. The molecule has 5 N–H and O–H groups in total. The molecule has 0 aromatic heterocycles. The SMILES string of the molecule is CC(N)=CC(=[NH2+])C(=O)O. The number of rotatable bonds is 2. The second-order valence-electron chi connectivity index (χ2n) is 1.65. The number of hydrogen-bond donors (Lipinski definition) is 3. The van der Waals surface area contributed by atoms with E-state index in [-0.39, 0.29) is 5.71 Å². The lowest BCUT2D eigenvalue weighted by atomic mass is 10.3. The number of aliphatic carboxylic acids is 1. The highest BCUT2D eigenvalue weighted by molar-refractivity contribution is 6.37. The Kier molecular flexibility index (Phi) is 2.44. The van der Waals surface area contributed by atoms with E-state index in [9.17, 15) is 4.79 Å². The van der Waals surface area contributed by atoms with E-state index in [2.05, 4.69) is 0 Å². The highest BCUT2D eigenvalue weighted by Gasteiger charge is 2.07. The lowest BCUT2D eigenvalue weighted by molar-refractivity contribution is -0.146. The van der Waals surface area contributed by atoms with Crippen molar-refractivity contribution in [1.29, 1.82) is 0 Å². The Labute approximate surface area is 52.5 Å². The van der Waals surface area contributed by atoms with Crippen LogP contribution in [0.3, 0.4) is 0 Å². The predicted molar refractivity (Wildman–Crippen MR) is 32.5 cm³/mol. The van der Waals surface area contributed by atoms with Crippen LogP contribution in [0.15, 0.2) is 11.8 Å². The fourth-order valence-corrected chi connectivity index (χ4v) is 0.307. The highest BCUT2D eigenvalue weighted by atomic mass is 16.4. The number of hydrogen-bond acceptors (Lipinski definition) is 2. The molecule has 0 rings (SSSR count). The molecule has 0 amide bonds. The molecule has 0 heterocycles. The summed E-state index contributed by atoms with van der Waals surface area (Å²) in [5.41, 5.74) is 5.27. The average Bonchev–Trinajstić information content (AvgIpc) is 1.63. The molecule has 9 heavy (non-hydrogen) atoms. The molecular formula is C5H9N2O2+. The number of allylic oxidation sites excluding steroid dienone is 1. The monoisotopic (exact) mass is 129 g/mol. The molecule has 0 fully saturated rings. The molecule has 0 unspecified atom stereocenters. The van der Waals surface area contributed by atoms with Gasteiger partial charge in [0, 0.05) is 11.8 Å². The van der Waals surface area contributed by atoms with Gasteiger partial charge in [0.25, 0.3) is 5.71 Å². The highest BCUT2D eigenvalue weighted by Crippen LogP contribution is 1.78. The van der Waals surface area contributed by atoms with Crippen LogP contribution in [0.25, 0.3) is 0 Å². The summed E-state index contributed by atoms with van der Waals surface area (Å²) in [6, 6.07) is 0. The van der Waals surface area contributed by atoms with Gasteiger partial charge in [-0.1, -0.05) is 0 Å². The van der Waals surface area contributed by atoms with Gasteiger partial charge in [0.15, 0.2) is 0 Å². The topological polar surface area (TPSA) is 88.9 Å². The van der Waals surface area contributed by atoms with Gasteiger partial charge in [-0.15, -0.1) is 0 Å². The molecule has 0 aromatic rings. The van der Waals surface area contributed by atoms with Crippen LogP contribution in [0.4, 0.5) is 0 Å². The summed E-state index contributed by atoms with van der Waals surface area (Å²) in [6.07, 6.45) is 1.20. The standard InChI is InChI=1S/C5H8N2O2/c1-3(6)2-4(7)5(8)9/h2,7H,6H2,1H3,(H,8,9)/p+1. The molecule has 0 saturated heterocycles. The molecule has 4 heteroatoms. The molecule has 0 spiro atoms. The lowest BCUT2D eigenvalue weighted by Gasteiger charge is -1.84. The van der Waals surface area contributed by atoms with Gasteiger partial charge in [0.1, 0.15) is 0 Å². The van der Waals surface area contributed by atoms with Crippen molar-refractivity contribution in [2.45, 2.75) is 6.92 Å². The van der Waals surface area contributed by atoms with Crippen molar-refractivity contribution in [2.24, 2.45) is 5.73 Å². The zero-order valence-corrected chi connectivity index (χ0v) is 5.09. The quantitative estimate of drug-likeness (QED) is 0.382. The van der Waals surface area contributed by atoms with Gasteiger partial charge in [0.05, 0.1) is 0 Å². The summed E-state index contributed by atoms with van der Waals surface area (Å²) in [4.78, 5) is 9.97. The summed E-state index contributed by atoms with van der Waals surface area (Å²) >= 11 is 0. The second kappa shape index (κ2) is 2.86. The third-order valence-electron chi connectivity index (χ3n) is 0.630. The normalized spacial score (nSPS) is 11.0. The summed E-state index contributed by atoms with van der Waals surface area (Å²) in [5.74, 6) is -1.15. The zero-order valence-electron chi connectivity index (χ0n) is 5.09. The summed E-state index contributed by atoms with van der Waals surface area (Å²) in [5, 5.41) is 13.1. The van der Waals surface area contributed by atoms with Crippen LogP contribution in [0.2, 0.25) is 0 Å². The van der Waals surface area contributed by atoms with Gasteiger partial charge in [-0.3, -0.25) is 0 Å². The average molecular weight is 129 g/mol. The third kappa shape index (κ3) is 3.28. The van der Waals surface area contributed by atoms with Crippen molar-refractivity contribution in [3.8, 4) is 0 Å². The van der Waals surface area contributed by atoms with E-state index in [0.717, 1.165) is 0 Å². The molecule has 0 radical (unpaired) electrons. The van der Waals surface area contributed by atoms with Crippen molar-refractivity contribution in [3.05, 3.63) is 11.8 Å². The van der Waals surface area contributed by atoms with Crippen molar-refractivity contribution in [2.75, 3.05) is 0 Å². The molecule has 0 saturated carbocycles. The maximum Gasteiger partial charge on any atom is 0.400 e. The van der Waals surface area contributed by atoms with Crippen LogP contribution in [-0.4, -0.2) is 16.8 Å². The van der Waals surface area contributed by atoms with E-state index in [4.69, 9.17) is 16.2 Å². The largest absolute Gasteiger partial charge is 0.473 e. The van der Waals surface area contributed by atoms with Crippen molar-refractivity contribution in [3.63, 3.8) is 0 Å². The van der Waals surface area contributed by atoms with Crippen molar-refractivity contribution >= 4 is 11.7 Å². The molecule has 0 aliphatic carbocycles. The Bertz CT molecular complexity index is 168. The first-order valence-corrected chi connectivity index (χ1v) is 2.33. The van der Waals surface area contributed by atoms with Crippen molar-refractivity contribution in [1.82, 2.24) is 0 Å². The number of nitrogens with two attached hydrogens (primary N) is 2. The summed E-state index contributed by atoms with van der Waals surface area (Å²) in [7, 11) is 0. The minimum atomic E-state index is -1.15. The first kappa shape index (κ1) is 7.68. The maximum atomic E-state index is 9.97. The van der Waals surface area contributed by atoms with Gasteiger partial charge in [-0.2, -0.15) is 0 Å². The molecule has 0 aromatic carbocycles. The number of carbonyl (C=O) groups is 1. The van der Waals surface area contributed by atoms with Crippen LogP contribution in [0.5, 0.6) is 0 Å². The van der Waals surface area contributed by atoms with Crippen LogP contribution in [0.1, 0.15) is 6.92 Å². The Hall–Kier alpha value is -1.32. The van der Waals surface area contributed by atoms with Gasteiger partial charge in [-0.05, 0) is 6.92 Å². The van der Waals surface area contributed by atoms with E-state index in [1.165, 1.54) is 6.08 Å². The van der Waals surface area contributed by atoms with Gasteiger partial charge < -0.3 is 10.8 Å². The van der Waals surface area contributed by atoms with Crippen LogP contribution >= 0.6 is 0 Å². The first-order chi connectivity index (χ1) is 4.04. The molecule has 0 aliphatic rings. The Morgan fingerprint density at radius 2 is 2.22 bits per heavy atom. The van der Waals surface area contributed by atoms with Crippen LogP contribution < -0.4 is 11.1 Å². The molecule has 0 atom stereocenters. The minimum absolute atomic E-state index is 0.241. The van der Waals surface area contributed by atoms with E-state index in [0.29, 0.717) is 5.70 Å². The molecule has 4 nitrogen and oxygen atoms in total. The number of carboxylic acids is 1. The molecule has 0 bridgehead atoms. The fourth-order valence-electron chi connectivity index (χ4n) is 0.307. The summed E-state index contributed by atoms with van der Waals surface area (Å²) in [6.45, 7) is 1.57. The molecule has 0 aliphatic heterocycles. The van der Waals surface area contributed by atoms with Gasteiger partial charge in [0.2, 0.25) is 0 Å². The van der Waals surface area contributed by atoms with E-state index >= 15 is 0 Å². The molecule has 50 valence electrons.